The molecule has 6 heteroatoms. The van der Waals surface area contributed by atoms with Gasteiger partial charge in [-0.15, -0.1) is 10.2 Å². The number of nitrogens with zero attached hydrogens (tertiary/aromatic N) is 5. The highest BCUT2D eigenvalue weighted by molar-refractivity contribution is 5.77. The molecule has 0 aliphatic carbocycles. The van der Waals surface area contributed by atoms with Gasteiger partial charge in [0.2, 0.25) is 0 Å². The van der Waals surface area contributed by atoms with Crippen LogP contribution in [0.3, 0.4) is 0 Å². The molecule has 0 bridgehead atoms. The summed E-state index contributed by atoms with van der Waals surface area (Å²) in [7, 11) is 0. The summed E-state index contributed by atoms with van der Waals surface area (Å²) >= 11 is 0. The van der Waals surface area contributed by atoms with Crippen LogP contribution in [0.2, 0.25) is 0 Å². The van der Waals surface area contributed by atoms with Crippen molar-refractivity contribution in [3.05, 3.63) is 42.2 Å². The molecule has 0 saturated carbocycles. The molecule has 0 radical (unpaired) electrons. The fourth-order valence-electron chi connectivity index (χ4n) is 2.33. The number of aromatic nitrogens is 5. The number of nitrogens with one attached hydrogen (secondary N) is 1. The number of benzene rings is 1. The fourth-order valence-corrected chi connectivity index (χ4v) is 2.33. The largest absolute Gasteiger partial charge is 0.303 e. The summed E-state index contributed by atoms with van der Waals surface area (Å²) in [6, 6.07) is 12.1. The summed E-state index contributed by atoms with van der Waals surface area (Å²) < 4.78 is 2.05. The number of H-pyrrole nitrogens is 1. The van der Waals surface area contributed by atoms with E-state index in [4.69, 9.17) is 0 Å². The van der Waals surface area contributed by atoms with Crippen LogP contribution < -0.4 is 0 Å². The average Bonchev–Trinajstić information content (AvgIpc) is 3.14. The number of aliphatic imine (C=N–C) groups is 1. The van der Waals surface area contributed by atoms with Crippen molar-refractivity contribution in [2.24, 2.45) is 4.99 Å². The smallest absolute Gasteiger partial charge is 0.182 e. The van der Waals surface area contributed by atoms with Crippen LogP contribution in [0.15, 0.2) is 41.4 Å². The van der Waals surface area contributed by atoms with E-state index in [1.807, 2.05) is 36.4 Å². The Morgan fingerprint density at radius 1 is 1.10 bits per heavy atom. The average molecular weight is 264 g/mol. The lowest BCUT2D eigenvalue weighted by Gasteiger charge is -2.08. The lowest BCUT2D eigenvalue weighted by Crippen LogP contribution is -2.12. The Labute approximate surface area is 115 Å². The van der Waals surface area contributed by atoms with Crippen molar-refractivity contribution in [3.8, 4) is 22.8 Å². The second-order valence-corrected chi connectivity index (χ2v) is 4.60. The first-order valence-electron chi connectivity index (χ1n) is 6.46. The molecule has 0 atom stereocenters. The molecule has 0 saturated heterocycles. The highest BCUT2D eigenvalue weighted by Crippen LogP contribution is 2.23. The van der Waals surface area contributed by atoms with E-state index in [9.17, 15) is 0 Å². The molecular weight excluding hydrogens is 252 g/mol. The van der Waals surface area contributed by atoms with E-state index in [0.29, 0.717) is 0 Å². The molecule has 0 unspecified atom stereocenters. The Hall–Kier alpha value is -2.76. The van der Waals surface area contributed by atoms with Gasteiger partial charge in [0.25, 0.3) is 0 Å². The number of fused-ring (bicyclic) bond motifs is 1. The van der Waals surface area contributed by atoms with Crippen LogP contribution in [-0.4, -0.2) is 37.7 Å². The molecule has 2 aromatic heterocycles. The Bertz CT molecular complexity index is 768. The van der Waals surface area contributed by atoms with Gasteiger partial charge in [-0.3, -0.25) is 10.1 Å². The van der Waals surface area contributed by atoms with Crippen molar-refractivity contribution in [2.75, 3.05) is 6.54 Å². The minimum absolute atomic E-state index is 0.762. The number of rotatable bonds is 2. The van der Waals surface area contributed by atoms with Gasteiger partial charge in [-0.2, -0.15) is 5.10 Å². The molecule has 0 spiro atoms. The van der Waals surface area contributed by atoms with Gasteiger partial charge >= 0.3 is 0 Å². The summed E-state index contributed by atoms with van der Waals surface area (Å²) in [5.74, 6) is 1.60. The van der Waals surface area contributed by atoms with Crippen LogP contribution in [0.25, 0.3) is 22.8 Å². The van der Waals surface area contributed by atoms with Crippen LogP contribution in [0.5, 0.6) is 0 Å². The maximum Gasteiger partial charge on any atom is 0.182 e. The fraction of sp³-hybridized carbons (Fsp3) is 0.143. The summed E-state index contributed by atoms with van der Waals surface area (Å²) in [5.41, 5.74) is 2.86. The first-order valence-corrected chi connectivity index (χ1v) is 6.46. The lowest BCUT2D eigenvalue weighted by atomic mass is 10.1. The molecule has 3 heterocycles. The number of hydrogen-bond donors (Lipinski definition) is 1. The van der Waals surface area contributed by atoms with Gasteiger partial charge in [-0.25, -0.2) is 0 Å². The van der Waals surface area contributed by atoms with Crippen LogP contribution in [0.1, 0.15) is 5.82 Å². The second-order valence-electron chi connectivity index (χ2n) is 4.60. The van der Waals surface area contributed by atoms with E-state index in [1.54, 1.807) is 6.21 Å². The molecule has 20 heavy (non-hydrogen) atoms. The second kappa shape index (κ2) is 4.41. The first-order chi connectivity index (χ1) is 9.92. The highest BCUT2D eigenvalue weighted by Gasteiger charge is 2.16. The van der Waals surface area contributed by atoms with Gasteiger partial charge < -0.3 is 4.57 Å². The van der Waals surface area contributed by atoms with Crippen molar-refractivity contribution in [1.82, 2.24) is 25.0 Å². The van der Waals surface area contributed by atoms with Gasteiger partial charge in [0.15, 0.2) is 11.6 Å². The molecule has 1 N–H and O–H groups in total. The summed E-state index contributed by atoms with van der Waals surface area (Å²) in [5, 5.41) is 15.7. The Balaban J connectivity index is 1.76. The van der Waals surface area contributed by atoms with Crippen molar-refractivity contribution >= 4 is 6.21 Å². The van der Waals surface area contributed by atoms with Crippen molar-refractivity contribution < 1.29 is 0 Å². The van der Waals surface area contributed by atoms with Gasteiger partial charge in [0.1, 0.15) is 5.69 Å². The molecule has 0 amide bonds. The third-order valence-electron chi connectivity index (χ3n) is 3.33. The highest BCUT2D eigenvalue weighted by atomic mass is 15.3. The maximum absolute atomic E-state index is 4.35. The standard InChI is InChI=1S/C14H12N6/c1-2-4-10(5-3-1)11-8-12(17-16-11)14-19-18-13-9-15-6-7-20(13)14/h1-5,8-9H,6-7H2,(H,16,17). The van der Waals surface area contributed by atoms with E-state index in [0.717, 1.165) is 41.7 Å². The molecule has 6 nitrogen and oxygen atoms in total. The zero-order chi connectivity index (χ0) is 13.4. The first kappa shape index (κ1) is 11.1. The number of aromatic amines is 1. The van der Waals surface area contributed by atoms with Crippen LogP contribution >= 0.6 is 0 Å². The minimum Gasteiger partial charge on any atom is -0.303 e. The normalized spacial score (nSPS) is 13.4. The van der Waals surface area contributed by atoms with E-state index in [1.165, 1.54) is 0 Å². The summed E-state index contributed by atoms with van der Waals surface area (Å²) in [6.45, 7) is 1.56. The Morgan fingerprint density at radius 3 is 2.90 bits per heavy atom. The van der Waals surface area contributed by atoms with E-state index in [2.05, 4.69) is 30.0 Å². The molecule has 3 aromatic rings. The third kappa shape index (κ3) is 1.73. The maximum atomic E-state index is 4.35. The predicted octanol–water partition coefficient (Wildman–Crippen LogP) is 1.77. The van der Waals surface area contributed by atoms with Crippen LogP contribution in [0.4, 0.5) is 0 Å². The monoisotopic (exact) mass is 264 g/mol. The van der Waals surface area contributed by atoms with Crippen LogP contribution in [-0.2, 0) is 6.54 Å². The van der Waals surface area contributed by atoms with E-state index < -0.39 is 0 Å². The zero-order valence-corrected chi connectivity index (χ0v) is 10.7. The van der Waals surface area contributed by atoms with Crippen molar-refractivity contribution in [2.45, 2.75) is 6.54 Å². The van der Waals surface area contributed by atoms with E-state index >= 15 is 0 Å². The molecule has 1 aliphatic heterocycles. The third-order valence-corrected chi connectivity index (χ3v) is 3.33. The minimum atomic E-state index is 0.762. The number of hydrogen-bond acceptors (Lipinski definition) is 4. The molecule has 98 valence electrons. The molecule has 4 rings (SSSR count). The Kier molecular flexibility index (Phi) is 2.45. The molecule has 1 aromatic carbocycles. The predicted molar refractivity (Wildman–Crippen MR) is 75.5 cm³/mol. The quantitative estimate of drug-likeness (QED) is 0.766. The van der Waals surface area contributed by atoms with Gasteiger partial charge in [-0.1, -0.05) is 30.3 Å². The lowest BCUT2D eigenvalue weighted by molar-refractivity contribution is 0.691. The van der Waals surface area contributed by atoms with Crippen molar-refractivity contribution in [3.63, 3.8) is 0 Å². The SMILES string of the molecule is C1=NCCn2c1nnc2-c1cc(-c2ccccc2)n[nH]1. The zero-order valence-electron chi connectivity index (χ0n) is 10.7. The summed E-state index contributed by atoms with van der Waals surface area (Å²) in [6.07, 6.45) is 1.76. The summed E-state index contributed by atoms with van der Waals surface area (Å²) in [4.78, 5) is 4.20. The van der Waals surface area contributed by atoms with Gasteiger partial charge in [0.05, 0.1) is 18.5 Å². The van der Waals surface area contributed by atoms with Gasteiger partial charge in [0, 0.05) is 12.1 Å². The van der Waals surface area contributed by atoms with Crippen LogP contribution in [0, 0.1) is 0 Å². The molecule has 0 fully saturated rings. The van der Waals surface area contributed by atoms with Gasteiger partial charge in [-0.05, 0) is 6.07 Å². The van der Waals surface area contributed by atoms with Crippen molar-refractivity contribution in [1.29, 1.82) is 0 Å². The van der Waals surface area contributed by atoms with E-state index in [-0.39, 0.29) is 0 Å². The topological polar surface area (TPSA) is 71.8 Å². The molecule has 1 aliphatic rings. The Morgan fingerprint density at radius 2 is 2.00 bits per heavy atom. The molecular formula is C14H12N6.